The van der Waals surface area contributed by atoms with Gasteiger partial charge in [-0.2, -0.15) is 0 Å². The fraction of sp³-hybridized carbons (Fsp3) is 0.316. The summed E-state index contributed by atoms with van der Waals surface area (Å²) in [6.45, 7) is 4.81. The molecule has 3 rings (SSSR count). The predicted molar refractivity (Wildman–Crippen MR) is 96.1 cm³/mol. The van der Waals surface area contributed by atoms with Gasteiger partial charge in [0.25, 0.3) is 0 Å². The smallest absolute Gasteiger partial charge is 0.337 e. The van der Waals surface area contributed by atoms with Crippen LogP contribution >= 0.6 is 0 Å². The van der Waals surface area contributed by atoms with Gasteiger partial charge in [-0.05, 0) is 42.0 Å². The molecule has 0 unspecified atom stereocenters. The SMILES string of the molecule is COC(=O)c1cccc(CN2CCN(c3ccc(N)cc3)CC2)c1. The summed E-state index contributed by atoms with van der Waals surface area (Å²) in [6.07, 6.45) is 0. The Morgan fingerprint density at radius 2 is 1.79 bits per heavy atom. The summed E-state index contributed by atoms with van der Waals surface area (Å²) in [5.41, 5.74) is 9.51. The quantitative estimate of drug-likeness (QED) is 0.691. The molecule has 0 radical (unpaired) electrons. The van der Waals surface area contributed by atoms with Crippen LogP contribution in [0.2, 0.25) is 0 Å². The number of nitrogen functional groups attached to an aromatic ring is 1. The molecule has 1 aliphatic heterocycles. The molecule has 2 aromatic rings. The number of benzene rings is 2. The third-order valence-corrected chi connectivity index (χ3v) is 4.38. The van der Waals surface area contributed by atoms with E-state index in [1.807, 2.05) is 24.3 Å². The molecule has 0 amide bonds. The van der Waals surface area contributed by atoms with Crippen LogP contribution in [0.5, 0.6) is 0 Å². The molecule has 2 aromatic carbocycles. The molecule has 0 saturated carbocycles. The van der Waals surface area contributed by atoms with Crippen molar-refractivity contribution in [2.24, 2.45) is 0 Å². The number of piperazine rings is 1. The predicted octanol–water partition coefficient (Wildman–Crippen LogP) is 2.38. The highest BCUT2D eigenvalue weighted by Crippen LogP contribution is 2.19. The third-order valence-electron chi connectivity index (χ3n) is 4.38. The van der Waals surface area contributed by atoms with Gasteiger partial charge in [-0.1, -0.05) is 12.1 Å². The number of hydrogen-bond acceptors (Lipinski definition) is 5. The van der Waals surface area contributed by atoms with Crippen molar-refractivity contribution in [1.82, 2.24) is 4.90 Å². The summed E-state index contributed by atoms with van der Waals surface area (Å²) in [4.78, 5) is 16.4. The number of carbonyl (C=O) groups excluding carboxylic acids is 1. The van der Waals surface area contributed by atoms with Crippen molar-refractivity contribution in [3.05, 3.63) is 59.7 Å². The van der Waals surface area contributed by atoms with E-state index in [9.17, 15) is 4.79 Å². The number of esters is 1. The Kier molecular flexibility index (Phi) is 5.01. The first-order valence-electron chi connectivity index (χ1n) is 8.16. The molecule has 0 aromatic heterocycles. The van der Waals surface area contributed by atoms with Crippen molar-refractivity contribution < 1.29 is 9.53 Å². The van der Waals surface area contributed by atoms with E-state index in [2.05, 4.69) is 28.0 Å². The fourth-order valence-corrected chi connectivity index (χ4v) is 3.02. The minimum Gasteiger partial charge on any atom is -0.465 e. The van der Waals surface area contributed by atoms with Gasteiger partial charge < -0.3 is 15.4 Å². The van der Waals surface area contributed by atoms with Gasteiger partial charge >= 0.3 is 5.97 Å². The lowest BCUT2D eigenvalue weighted by Gasteiger charge is -2.36. The van der Waals surface area contributed by atoms with Crippen LogP contribution in [-0.4, -0.2) is 44.2 Å². The first-order valence-corrected chi connectivity index (χ1v) is 8.16. The molecule has 2 N–H and O–H groups in total. The first kappa shape index (κ1) is 16.3. The minimum absolute atomic E-state index is 0.287. The topological polar surface area (TPSA) is 58.8 Å². The maximum absolute atomic E-state index is 11.6. The second-order valence-corrected chi connectivity index (χ2v) is 6.05. The van der Waals surface area contributed by atoms with E-state index in [0.717, 1.165) is 44.0 Å². The Bertz CT molecular complexity index is 692. The van der Waals surface area contributed by atoms with Crippen LogP contribution < -0.4 is 10.6 Å². The van der Waals surface area contributed by atoms with E-state index in [4.69, 9.17) is 10.5 Å². The highest BCUT2D eigenvalue weighted by atomic mass is 16.5. The van der Waals surface area contributed by atoms with Crippen molar-refractivity contribution in [3.63, 3.8) is 0 Å². The zero-order chi connectivity index (χ0) is 16.9. The van der Waals surface area contributed by atoms with Crippen LogP contribution in [0.25, 0.3) is 0 Å². The lowest BCUT2D eigenvalue weighted by molar-refractivity contribution is 0.0600. The van der Waals surface area contributed by atoms with Gasteiger partial charge in [0.05, 0.1) is 12.7 Å². The molecule has 1 heterocycles. The normalized spacial score (nSPS) is 15.3. The summed E-state index contributed by atoms with van der Waals surface area (Å²) in [7, 11) is 1.41. The third kappa shape index (κ3) is 3.86. The minimum atomic E-state index is -0.287. The monoisotopic (exact) mass is 325 g/mol. The van der Waals surface area contributed by atoms with E-state index < -0.39 is 0 Å². The lowest BCUT2D eigenvalue weighted by Crippen LogP contribution is -2.45. The van der Waals surface area contributed by atoms with Crippen LogP contribution in [0.1, 0.15) is 15.9 Å². The van der Waals surface area contributed by atoms with Gasteiger partial charge in [0.2, 0.25) is 0 Å². The average Bonchev–Trinajstić information content (AvgIpc) is 2.63. The summed E-state index contributed by atoms with van der Waals surface area (Å²) in [6, 6.07) is 15.7. The number of nitrogens with two attached hydrogens (primary N) is 1. The molecule has 0 aliphatic carbocycles. The number of nitrogens with zero attached hydrogens (tertiary/aromatic N) is 2. The van der Waals surface area contributed by atoms with Crippen LogP contribution in [0.15, 0.2) is 48.5 Å². The summed E-state index contributed by atoms with van der Waals surface area (Å²) >= 11 is 0. The average molecular weight is 325 g/mol. The molecule has 5 heteroatoms. The highest BCUT2D eigenvalue weighted by Gasteiger charge is 2.17. The van der Waals surface area contributed by atoms with Crippen molar-refractivity contribution in [1.29, 1.82) is 0 Å². The van der Waals surface area contributed by atoms with Crippen LogP contribution in [0.4, 0.5) is 11.4 Å². The van der Waals surface area contributed by atoms with Gasteiger partial charge in [0.15, 0.2) is 0 Å². The molecular formula is C19H23N3O2. The summed E-state index contributed by atoms with van der Waals surface area (Å²) in [5, 5.41) is 0. The fourth-order valence-electron chi connectivity index (χ4n) is 3.02. The second kappa shape index (κ2) is 7.36. The van der Waals surface area contributed by atoms with E-state index >= 15 is 0 Å². The lowest BCUT2D eigenvalue weighted by atomic mass is 10.1. The summed E-state index contributed by atoms with van der Waals surface area (Å²) < 4.78 is 4.78. The Balaban J connectivity index is 1.57. The van der Waals surface area contributed by atoms with Crippen molar-refractivity contribution >= 4 is 17.3 Å². The number of anilines is 2. The Morgan fingerprint density at radius 1 is 1.08 bits per heavy atom. The molecule has 0 bridgehead atoms. The summed E-state index contributed by atoms with van der Waals surface area (Å²) in [5.74, 6) is -0.287. The highest BCUT2D eigenvalue weighted by molar-refractivity contribution is 5.89. The standard InChI is InChI=1S/C19H23N3O2/c1-24-19(23)16-4-2-3-15(13-16)14-21-9-11-22(12-10-21)18-7-5-17(20)6-8-18/h2-8,13H,9-12,14,20H2,1H3. The molecule has 0 spiro atoms. The van der Waals surface area contributed by atoms with Crippen molar-refractivity contribution in [3.8, 4) is 0 Å². The second-order valence-electron chi connectivity index (χ2n) is 6.05. The molecule has 1 aliphatic rings. The Hall–Kier alpha value is -2.53. The molecule has 126 valence electrons. The molecule has 5 nitrogen and oxygen atoms in total. The van der Waals surface area contributed by atoms with Crippen molar-refractivity contribution in [2.75, 3.05) is 43.9 Å². The number of rotatable bonds is 4. The number of carbonyl (C=O) groups is 1. The number of ether oxygens (including phenoxy) is 1. The molecule has 24 heavy (non-hydrogen) atoms. The van der Waals surface area contributed by atoms with Crippen LogP contribution in [0.3, 0.4) is 0 Å². The van der Waals surface area contributed by atoms with Gasteiger partial charge in [0, 0.05) is 44.1 Å². The molecule has 1 saturated heterocycles. The van der Waals surface area contributed by atoms with Crippen molar-refractivity contribution in [2.45, 2.75) is 6.54 Å². The molecule has 0 atom stereocenters. The van der Waals surface area contributed by atoms with Crippen LogP contribution in [0, 0.1) is 0 Å². The molecular weight excluding hydrogens is 302 g/mol. The van der Waals surface area contributed by atoms with E-state index in [-0.39, 0.29) is 5.97 Å². The van der Waals surface area contributed by atoms with Gasteiger partial charge in [-0.3, -0.25) is 4.90 Å². The Labute approximate surface area is 142 Å². The number of methoxy groups -OCH3 is 1. The maximum Gasteiger partial charge on any atom is 0.337 e. The zero-order valence-corrected chi connectivity index (χ0v) is 13.9. The van der Waals surface area contributed by atoms with Gasteiger partial charge in [0.1, 0.15) is 0 Å². The van der Waals surface area contributed by atoms with E-state index in [1.165, 1.54) is 12.8 Å². The number of hydrogen-bond donors (Lipinski definition) is 1. The Morgan fingerprint density at radius 3 is 2.46 bits per heavy atom. The zero-order valence-electron chi connectivity index (χ0n) is 13.9. The van der Waals surface area contributed by atoms with E-state index in [1.54, 1.807) is 6.07 Å². The largest absolute Gasteiger partial charge is 0.465 e. The molecule has 1 fully saturated rings. The van der Waals surface area contributed by atoms with Gasteiger partial charge in [-0.15, -0.1) is 0 Å². The first-order chi connectivity index (χ1) is 11.7. The van der Waals surface area contributed by atoms with Gasteiger partial charge in [-0.25, -0.2) is 4.79 Å². The van der Waals surface area contributed by atoms with Crippen LogP contribution in [-0.2, 0) is 11.3 Å². The van der Waals surface area contributed by atoms with E-state index in [0.29, 0.717) is 5.56 Å². The maximum atomic E-state index is 11.6.